The smallest absolute Gasteiger partial charge is 0.0558 e. The highest BCUT2D eigenvalue weighted by molar-refractivity contribution is 5.06. The Labute approximate surface area is 93.7 Å². The van der Waals surface area contributed by atoms with Crippen LogP contribution in [0.5, 0.6) is 0 Å². The van der Waals surface area contributed by atoms with Gasteiger partial charge >= 0.3 is 0 Å². The normalized spacial score (nSPS) is 34.6. The van der Waals surface area contributed by atoms with Crippen LogP contribution in [-0.2, 0) is 0 Å². The van der Waals surface area contributed by atoms with Gasteiger partial charge in [0.1, 0.15) is 0 Å². The van der Waals surface area contributed by atoms with Crippen molar-refractivity contribution < 1.29 is 5.11 Å². The molecule has 2 heteroatoms. The minimum Gasteiger partial charge on any atom is -0.395 e. The van der Waals surface area contributed by atoms with Crippen molar-refractivity contribution in [2.45, 2.75) is 39.5 Å². The van der Waals surface area contributed by atoms with E-state index >= 15 is 0 Å². The number of rotatable bonds is 4. The average molecular weight is 211 g/mol. The van der Waals surface area contributed by atoms with Crippen LogP contribution < -0.4 is 0 Å². The molecule has 0 aromatic carbocycles. The summed E-state index contributed by atoms with van der Waals surface area (Å²) in [6.45, 7) is 8.32. The van der Waals surface area contributed by atoms with Crippen LogP contribution in [0.3, 0.4) is 0 Å². The Morgan fingerprint density at radius 1 is 1.13 bits per heavy atom. The van der Waals surface area contributed by atoms with Gasteiger partial charge in [0.05, 0.1) is 6.61 Å². The first-order valence-corrected chi connectivity index (χ1v) is 6.60. The molecule has 1 aliphatic carbocycles. The molecule has 1 N–H and O–H groups in total. The molecular formula is C13H25NO. The lowest BCUT2D eigenvalue weighted by Crippen LogP contribution is -2.48. The Bertz CT molecular complexity index is 197. The predicted molar refractivity (Wildman–Crippen MR) is 62.8 cm³/mol. The van der Waals surface area contributed by atoms with Gasteiger partial charge in [-0.05, 0) is 30.1 Å². The molecule has 1 saturated heterocycles. The standard InChI is InChI=1S/C13H25NO/c1-3-11-9-14(7-8-15)10-12(4-2)13(11)5-6-13/h11-12,15H,3-10H2,1-2H3. The molecule has 1 heterocycles. The fourth-order valence-corrected chi connectivity index (χ4v) is 3.75. The molecule has 1 saturated carbocycles. The van der Waals surface area contributed by atoms with Gasteiger partial charge < -0.3 is 10.0 Å². The summed E-state index contributed by atoms with van der Waals surface area (Å²) in [4.78, 5) is 2.48. The summed E-state index contributed by atoms with van der Waals surface area (Å²) in [7, 11) is 0. The maximum absolute atomic E-state index is 9.04. The Morgan fingerprint density at radius 3 is 2.00 bits per heavy atom. The molecule has 0 radical (unpaired) electrons. The molecule has 0 aromatic heterocycles. The van der Waals surface area contributed by atoms with Gasteiger partial charge in [0.15, 0.2) is 0 Å². The maximum Gasteiger partial charge on any atom is 0.0558 e. The van der Waals surface area contributed by atoms with Gasteiger partial charge in [-0.25, -0.2) is 0 Å². The van der Waals surface area contributed by atoms with Crippen molar-refractivity contribution in [3.63, 3.8) is 0 Å². The Kier molecular flexibility index (Phi) is 3.36. The van der Waals surface area contributed by atoms with Crippen molar-refractivity contribution >= 4 is 0 Å². The molecule has 2 fully saturated rings. The Balaban J connectivity index is 2.03. The van der Waals surface area contributed by atoms with Crippen LogP contribution in [0.2, 0.25) is 0 Å². The summed E-state index contributed by atoms with van der Waals surface area (Å²) in [5.74, 6) is 1.78. The fourth-order valence-electron chi connectivity index (χ4n) is 3.75. The number of likely N-dealkylation sites (tertiary alicyclic amines) is 1. The van der Waals surface area contributed by atoms with Crippen molar-refractivity contribution in [2.75, 3.05) is 26.2 Å². The zero-order valence-corrected chi connectivity index (χ0v) is 10.2. The second-order valence-corrected chi connectivity index (χ2v) is 5.43. The lowest BCUT2D eigenvalue weighted by Gasteiger charge is -2.44. The van der Waals surface area contributed by atoms with Gasteiger partial charge in [-0.2, -0.15) is 0 Å². The quantitative estimate of drug-likeness (QED) is 0.770. The molecule has 2 atom stereocenters. The summed E-state index contributed by atoms with van der Waals surface area (Å²) in [5.41, 5.74) is 0.718. The number of nitrogens with zero attached hydrogens (tertiary/aromatic N) is 1. The first-order chi connectivity index (χ1) is 7.26. The van der Waals surface area contributed by atoms with E-state index in [2.05, 4.69) is 18.7 Å². The number of hydrogen-bond donors (Lipinski definition) is 1. The van der Waals surface area contributed by atoms with Crippen LogP contribution in [-0.4, -0.2) is 36.2 Å². The van der Waals surface area contributed by atoms with Crippen molar-refractivity contribution in [1.29, 1.82) is 0 Å². The Morgan fingerprint density at radius 2 is 1.67 bits per heavy atom. The van der Waals surface area contributed by atoms with Crippen molar-refractivity contribution in [2.24, 2.45) is 17.3 Å². The summed E-state index contributed by atoms with van der Waals surface area (Å²) < 4.78 is 0. The Hall–Kier alpha value is -0.0800. The molecule has 2 unspecified atom stereocenters. The maximum atomic E-state index is 9.04. The monoisotopic (exact) mass is 211 g/mol. The number of hydrogen-bond acceptors (Lipinski definition) is 2. The van der Waals surface area contributed by atoms with Crippen molar-refractivity contribution in [3.05, 3.63) is 0 Å². The van der Waals surface area contributed by atoms with E-state index in [1.54, 1.807) is 0 Å². The molecule has 2 aliphatic rings. The molecule has 0 bridgehead atoms. The van der Waals surface area contributed by atoms with Gasteiger partial charge in [0.25, 0.3) is 0 Å². The third-order valence-corrected chi connectivity index (χ3v) is 4.81. The van der Waals surface area contributed by atoms with Crippen molar-refractivity contribution in [1.82, 2.24) is 4.90 Å². The first-order valence-electron chi connectivity index (χ1n) is 6.60. The van der Waals surface area contributed by atoms with Crippen LogP contribution in [0.4, 0.5) is 0 Å². The number of β-amino-alcohol motifs (C(OH)–C–C–N with tert-alkyl or cyclic N) is 1. The summed E-state index contributed by atoms with van der Waals surface area (Å²) in [6, 6.07) is 0. The third-order valence-electron chi connectivity index (χ3n) is 4.81. The van der Waals surface area contributed by atoms with E-state index in [4.69, 9.17) is 5.11 Å². The molecule has 2 nitrogen and oxygen atoms in total. The lowest BCUT2D eigenvalue weighted by molar-refractivity contribution is 0.0303. The molecule has 1 spiro atoms. The van der Waals surface area contributed by atoms with Crippen LogP contribution in [0.15, 0.2) is 0 Å². The van der Waals surface area contributed by atoms with E-state index in [1.165, 1.54) is 38.8 Å². The van der Waals surface area contributed by atoms with E-state index in [0.717, 1.165) is 23.8 Å². The lowest BCUT2D eigenvalue weighted by atomic mass is 9.72. The van der Waals surface area contributed by atoms with Gasteiger partial charge in [-0.3, -0.25) is 0 Å². The summed E-state index contributed by atoms with van der Waals surface area (Å²) in [6.07, 6.45) is 5.57. The highest BCUT2D eigenvalue weighted by Crippen LogP contribution is 2.61. The minimum atomic E-state index is 0.319. The van der Waals surface area contributed by atoms with Crippen molar-refractivity contribution in [3.8, 4) is 0 Å². The number of piperidine rings is 1. The molecule has 88 valence electrons. The van der Waals surface area contributed by atoms with Gasteiger partial charge in [-0.1, -0.05) is 26.7 Å². The number of aliphatic hydroxyl groups is 1. The first kappa shape index (κ1) is 11.4. The molecule has 2 rings (SSSR count). The second kappa shape index (κ2) is 4.42. The highest BCUT2D eigenvalue weighted by Gasteiger charge is 2.55. The topological polar surface area (TPSA) is 23.5 Å². The van der Waals surface area contributed by atoms with E-state index in [-0.39, 0.29) is 0 Å². The summed E-state index contributed by atoms with van der Waals surface area (Å²) in [5, 5.41) is 9.04. The fraction of sp³-hybridized carbons (Fsp3) is 1.00. The van der Waals surface area contributed by atoms with E-state index in [9.17, 15) is 0 Å². The zero-order chi connectivity index (χ0) is 10.9. The van der Waals surface area contributed by atoms with Crippen LogP contribution in [0.25, 0.3) is 0 Å². The largest absolute Gasteiger partial charge is 0.395 e. The molecule has 0 aromatic rings. The molecular weight excluding hydrogens is 186 g/mol. The second-order valence-electron chi connectivity index (χ2n) is 5.43. The molecule has 0 amide bonds. The third kappa shape index (κ3) is 1.94. The average Bonchev–Trinajstić information content (AvgIpc) is 3.02. The summed E-state index contributed by atoms with van der Waals surface area (Å²) >= 11 is 0. The van der Waals surface area contributed by atoms with Crippen LogP contribution in [0, 0.1) is 17.3 Å². The molecule has 1 aliphatic heterocycles. The minimum absolute atomic E-state index is 0.319. The highest BCUT2D eigenvalue weighted by atomic mass is 16.3. The van der Waals surface area contributed by atoms with Crippen LogP contribution >= 0.6 is 0 Å². The van der Waals surface area contributed by atoms with Gasteiger partial charge in [0.2, 0.25) is 0 Å². The van der Waals surface area contributed by atoms with E-state index in [0.29, 0.717) is 6.61 Å². The van der Waals surface area contributed by atoms with E-state index in [1.807, 2.05) is 0 Å². The molecule has 15 heavy (non-hydrogen) atoms. The zero-order valence-electron chi connectivity index (χ0n) is 10.2. The van der Waals surface area contributed by atoms with Crippen LogP contribution in [0.1, 0.15) is 39.5 Å². The number of aliphatic hydroxyl groups excluding tert-OH is 1. The van der Waals surface area contributed by atoms with Gasteiger partial charge in [0, 0.05) is 19.6 Å². The predicted octanol–water partition coefficient (Wildman–Crippen LogP) is 2.13. The SMILES string of the molecule is CCC1CN(CCO)CC(CC)C12CC2. The van der Waals surface area contributed by atoms with E-state index < -0.39 is 0 Å². The van der Waals surface area contributed by atoms with Gasteiger partial charge in [-0.15, -0.1) is 0 Å².